The van der Waals surface area contributed by atoms with Crippen molar-refractivity contribution in [3.63, 3.8) is 0 Å². The molecule has 0 radical (unpaired) electrons. The van der Waals surface area contributed by atoms with Gasteiger partial charge in [-0.2, -0.15) is 4.39 Å². The van der Waals surface area contributed by atoms with Crippen molar-refractivity contribution in [1.82, 2.24) is 4.98 Å². The molecule has 1 aromatic heterocycles. The van der Waals surface area contributed by atoms with Crippen LogP contribution in [0.4, 0.5) is 4.39 Å². The summed E-state index contributed by atoms with van der Waals surface area (Å²) in [7, 11) is 0. The average molecular weight is 183 g/mol. The minimum absolute atomic E-state index is 0.115. The highest BCUT2D eigenvalue weighted by atomic mass is 19.1. The Labute approximate surface area is 77.4 Å². The standard InChI is InChI=1S/C10H14FNO/c1-10(2,7-13)5-8-3-4-9(11)12-6-8/h3-4,6,13H,5,7H2,1-2H3. The van der Waals surface area contributed by atoms with Crippen LogP contribution in [0.2, 0.25) is 0 Å². The molecule has 0 bridgehead atoms. The number of halogens is 1. The maximum Gasteiger partial charge on any atom is 0.212 e. The van der Waals surface area contributed by atoms with E-state index in [-0.39, 0.29) is 12.0 Å². The summed E-state index contributed by atoms with van der Waals surface area (Å²) in [5, 5.41) is 9.02. The van der Waals surface area contributed by atoms with E-state index in [4.69, 9.17) is 5.11 Å². The van der Waals surface area contributed by atoms with E-state index >= 15 is 0 Å². The maximum atomic E-state index is 12.4. The molecule has 72 valence electrons. The van der Waals surface area contributed by atoms with Crippen LogP contribution >= 0.6 is 0 Å². The Hall–Kier alpha value is -0.960. The summed E-state index contributed by atoms with van der Waals surface area (Å²) in [5.74, 6) is -0.467. The molecule has 0 aromatic carbocycles. The van der Waals surface area contributed by atoms with Crippen molar-refractivity contribution in [3.05, 3.63) is 29.8 Å². The van der Waals surface area contributed by atoms with Crippen molar-refractivity contribution < 1.29 is 9.50 Å². The number of hydrogen-bond acceptors (Lipinski definition) is 2. The van der Waals surface area contributed by atoms with Gasteiger partial charge >= 0.3 is 0 Å². The molecular formula is C10H14FNO. The molecule has 0 unspecified atom stereocenters. The van der Waals surface area contributed by atoms with Gasteiger partial charge in [-0.05, 0) is 23.5 Å². The largest absolute Gasteiger partial charge is 0.396 e. The molecule has 0 fully saturated rings. The number of aromatic nitrogens is 1. The Morgan fingerprint density at radius 3 is 2.62 bits per heavy atom. The third kappa shape index (κ3) is 3.11. The molecule has 0 saturated heterocycles. The predicted octanol–water partition coefficient (Wildman–Crippen LogP) is 1.78. The zero-order valence-corrected chi connectivity index (χ0v) is 7.92. The van der Waals surface area contributed by atoms with Crippen LogP contribution in [-0.4, -0.2) is 16.7 Å². The van der Waals surface area contributed by atoms with Gasteiger partial charge in [0.05, 0.1) is 0 Å². The number of pyridine rings is 1. The molecule has 0 aliphatic carbocycles. The molecule has 0 spiro atoms. The van der Waals surface area contributed by atoms with Crippen LogP contribution in [0, 0.1) is 11.4 Å². The van der Waals surface area contributed by atoms with Gasteiger partial charge in [0, 0.05) is 12.8 Å². The summed E-state index contributed by atoms with van der Waals surface area (Å²) in [5.41, 5.74) is 0.778. The van der Waals surface area contributed by atoms with E-state index in [9.17, 15) is 4.39 Å². The lowest BCUT2D eigenvalue weighted by Crippen LogP contribution is -2.19. The summed E-state index contributed by atoms with van der Waals surface area (Å²) >= 11 is 0. The molecule has 3 heteroatoms. The van der Waals surface area contributed by atoms with Gasteiger partial charge in [-0.25, -0.2) is 4.98 Å². The van der Waals surface area contributed by atoms with E-state index in [0.29, 0.717) is 6.42 Å². The second-order valence-corrected chi connectivity index (χ2v) is 3.99. The minimum atomic E-state index is -0.467. The average Bonchev–Trinajstić information content (AvgIpc) is 2.09. The third-order valence-corrected chi connectivity index (χ3v) is 1.90. The highest BCUT2D eigenvalue weighted by molar-refractivity contribution is 5.11. The quantitative estimate of drug-likeness (QED) is 0.724. The van der Waals surface area contributed by atoms with Gasteiger partial charge in [0.1, 0.15) is 0 Å². The van der Waals surface area contributed by atoms with Crippen molar-refractivity contribution >= 4 is 0 Å². The fourth-order valence-corrected chi connectivity index (χ4v) is 1.12. The highest BCUT2D eigenvalue weighted by Gasteiger charge is 2.16. The summed E-state index contributed by atoms with van der Waals surface area (Å²) in [6.45, 7) is 4.02. The second kappa shape index (κ2) is 3.83. The minimum Gasteiger partial charge on any atom is -0.396 e. The first-order chi connectivity index (χ1) is 6.03. The number of nitrogens with zero attached hydrogens (tertiary/aromatic N) is 1. The van der Waals surface area contributed by atoms with Gasteiger partial charge < -0.3 is 5.11 Å². The SMILES string of the molecule is CC(C)(CO)Cc1ccc(F)nc1. The lowest BCUT2D eigenvalue weighted by atomic mass is 9.87. The molecule has 0 aliphatic rings. The van der Waals surface area contributed by atoms with E-state index in [1.165, 1.54) is 12.3 Å². The lowest BCUT2D eigenvalue weighted by molar-refractivity contribution is 0.159. The van der Waals surface area contributed by atoms with Crippen LogP contribution in [0.5, 0.6) is 0 Å². The van der Waals surface area contributed by atoms with Crippen LogP contribution < -0.4 is 0 Å². The van der Waals surface area contributed by atoms with Crippen LogP contribution in [0.15, 0.2) is 18.3 Å². The van der Waals surface area contributed by atoms with Crippen LogP contribution in [0.1, 0.15) is 19.4 Å². The summed E-state index contributed by atoms with van der Waals surface area (Å²) in [4.78, 5) is 3.55. The Kier molecular flexibility index (Phi) is 2.98. The molecule has 1 rings (SSSR count). The molecule has 0 saturated carbocycles. The van der Waals surface area contributed by atoms with Gasteiger partial charge in [-0.1, -0.05) is 19.9 Å². The fraction of sp³-hybridized carbons (Fsp3) is 0.500. The van der Waals surface area contributed by atoms with Crippen molar-refractivity contribution in [1.29, 1.82) is 0 Å². The monoisotopic (exact) mass is 183 g/mol. The van der Waals surface area contributed by atoms with Crippen molar-refractivity contribution in [2.45, 2.75) is 20.3 Å². The first kappa shape index (κ1) is 10.1. The van der Waals surface area contributed by atoms with Gasteiger partial charge in [0.2, 0.25) is 5.95 Å². The molecule has 1 aromatic rings. The van der Waals surface area contributed by atoms with E-state index in [1.54, 1.807) is 6.07 Å². The van der Waals surface area contributed by atoms with Crippen LogP contribution in [0.3, 0.4) is 0 Å². The molecule has 1 heterocycles. The van der Waals surface area contributed by atoms with Crippen LogP contribution in [-0.2, 0) is 6.42 Å². The summed E-state index contributed by atoms with van der Waals surface area (Å²) in [6.07, 6.45) is 2.21. The normalized spacial score (nSPS) is 11.7. The van der Waals surface area contributed by atoms with Crippen molar-refractivity contribution in [3.8, 4) is 0 Å². The number of hydrogen-bond donors (Lipinski definition) is 1. The highest BCUT2D eigenvalue weighted by Crippen LogP contribution is 2.20. The molecule has 1 N–H and O–H groups in total. The van der Waals surface area contributed by atoms with E-state index in [2.05, 4.69) is 4.98 Å². The summed E-state index contributed by atoms with van der Waals surface area (Å²) in [6, 6.07) is 3.03. The Balaban J connectivity index is 2.69. The second-order valence-electron chi connectivity index (χ2n) is 3.99. The zero-order valence-electron chi connectivity index (χ0n) is 7.92. The maximum absolute atomic E-state index is 12.4. The third-order valence-electron chi connectivity index (χ3n) is 1.90. The molecule has 13 heavy (non-hydrogen) atoms. The lowest BCUT2D eigenvalue weighted by Gasteiger charge is -2.20. The molecular weight excluding hydrogens is 169 g/mol. The van der Waals surface area contributed by atoms with E-state index in [1.807, 2.05) is 13.8 Å². The summed E-state index contributed by atoms with van der Waals surface area (Å²) < 4.78 is 12.4. The van der Waals surface area contributed by atoms with E-state index < -0.39 is 5.95 Å². The smallest absolute Gasteiger partial charge is 0.212 e. The van der Waals surface area contributed by atoms with Gasteiger partial charge in [-0.15, -0.1) is 0 Å². The molecule has 0 aliphatic heterocycles. The van der Waals surface area contributed by atoms with E-state index in [0.717, 1.165) is 5.56 Å². The van der Waals surface area contributed by atoms with Crippen molar-refractivity contribution in [2.75, 3.05) is 6.61 Å². The Morgan fingerprint density at radius 2 is 2.15 bits per heavy atom. The first-order valence-corrected chi connectivity index (χ1v) is 4.25. The number of aliphatic hydroxyl groups excluding tert-OH is 1. The Bertz CT molecular complexity index is 269. The van der Waals surface area contributed by atoms with Gasteiger partial charge in [0.15, 0.2) is 0 Å². The molecule has 0 atom stereocenters. The van der Waals surface area contributed by atoms with Gasteiger partial charge in [0.25, 0.3) is 0 Å². The number of rotatable bonds is 3. The van der Waals surface area contributed by atoms with Crippen LogP contribution in [0.25, 0.3) is 0 Å². The first-order valence-electron chi connectivity index (χ1n) is 4.25. The number of aliphatic hydroxyl groups is 1. The molecule has 0 amide bonds. The Morgan fingerprint density at radius 1 is 1.46 bits per heavy atom. The molecule has 2 nitrogen and oxygen atoms in total. The topological polar surface area (TPSA) is 33.1 Å². The fourth-order valence-electron chi connectivity index (χ4n) is 1.12. The zero-order chi connectivity index (χ0) is 9.90. The van der Waals surface area contributed by atoms with Gasteiger partial charge in [-0.3, -0.25) is 0 Å². The van der Waals surface area contributed by atoms with Crippen molar-refractivity contribution in [2.24, 2.45) is 5.41 Å². The predicted molar refractivity (Wildman–Crippen MR) is 48.8 cm³/mol.